The Bertz CT molecular complexity index is 518. The van der Waals surface area contributed by atoms with Gasteiger partial charge in [-0.15, -0.1) is 0 Å². The molecule has 1 aromatic rings. The van der Waals surface area contributed by atoms with Crippen molar-refractivity contribution in [2.45, 2.75) is 32.2 Å². The predicted molar refractivity (Wildman–Crippen MR) is 103 cm³/mol. The van der Waals surface area contributed by atoms with Crippen LogP contribution < -0.4 is 19.3 Å². The third-order valence-corrected chi connectivity index (χ3v) is 4.84. The highest BCUT2D eigenvalue weighted by Gasteiger charge is 2.26. The van der Waals surface area contributed by atoms with Gasteiger partial charge < -0.3 is 34.2 Å². The van der Waals surface area contributed by atoms with Crippen LogP contribution in [-0.4, -0.2) is 88.1 Å². The maximum absolute atomic E-state index is 10.3. The summed E-state index contributed by atoms with van der Waals surface area (Å²) >= 11 is 0. The van der Waals surface area contributed by atoms with Crippen molar-refractivity contribution in [2.75, 3.05) is 59.6 Å². The molecule has 4 N–H and O–H groups in total. The highest BCUT2D eigenvalue weighted by molar-refractivity contribution is 5.31. The van der Waals surface area contributed by atoms with E-state index in [1.165, 1.54) is 9.80 Å². The number of aliphatic hydroxyl groups is 2. The van der Waals surface area contributed by atoms with Gasteiger partial charge >= 0.3 is 0 Å². The van der Waals surface area contributed by atoms with Crippen LogP contribution in [0.5, 0.6) is 11.5 Å². The molecule has 1 heterocycles. The highest BCUT2D eigenvalue weighted by atomic mass is 16.5. The van der Waals surface area contributed by atoms with Crippen LogP contribution in [-0.2, 0) is 4.74 Å². The van der Waals surface area contributed by atoms with Crippen LogP contribution in [0.25, 0.3) is 0 Å². The first kappa shape index (κ1) is 21.9. The SMILES string of the molecule is COc1ccc(OC[C@@H](O)C[NH+]2CC[NH+](C[C@@H](O)COC(C)C)CC2)cc1. The number of aliphatic hydroxyl groups excluding tert-OH is 2. The van der Waals surface area contributed by atoms with Crippen LogP contribution in [0.4, 0.5) is 0 Å². The Balaban J connectivity index is 1.61. The molecule has 1 aliphatic heterocycles. The van der Waals surface area contributed by atoms with Crippen molar-refractivity contribution in [3.63, 3.8) is 0 Å². The van der Waals surface area contributed by atoms with Crippen molar-refractivity contribution in [1.29, 1.82) is 0 Å². The number of nitrogens with one attached hydrogen (secondary N) is 2. The predicted octanol–water partition coefficient (Wildman–Crippen LogP) is -2.00. The summed E-state index contributed by atoms with van der Waals surface area (Å²) in [4.78, 5) is 2.79. The number of ether oxygens (including phenoxy) is 3. The Hall–Kier alpha value is -1.38. The molecule has 1 aromatic carbocycles. The molecule has 0 saturated carbocycles. The van der Waals surface area contributed by atoms with Gasteiger partial charge in [0.1, 0.15) is 69.6 Å². The van der Waals surface area contributed by atoms with E-state index in [4.69, 9.17) is 14.2 Å². The number of benzene rings is 1. The highest BCUT2D eigenvalue weighted by Crippen LogP contribution is 2.16. The van der Waals surface area contributed by atoms with Gasteiger partial charge in [-0.25, -0.2) is 0 Å². The van der Waals surface area contributed by atoms with Crippen LogP contribution >= 0.6 is 0 Å². The van der Waals surface area contributed by atoms with E-state index >= 15 is 0 Å². The molecule has 2 atom stereocenters. The van der Waals surface area contributed by atoms with Crippen LogP contribution in [0.1, 0.15) is 13.8 Å². The van der Waals surface area contributed by atoms with E-state index in [0.717, 1.165) is 44.2 Å². The zero-order chi connectivity index (χ0) is 19.6. The zero-order valence-electron chi connectivity index (χ0n) is 16.8. The second-order valence-electron chi connectivity index (χ2n) is 7.58. The lowest BCUT2D eigenvalue weighted by molar-refractivity contribution is -1.01. The van der Waals surface area contributed by atoms with E-state index in [2.05, 4.69) is 0 Å². The van der Waals surface area contributed by atoms with Gasteiger partial charge in [0.15, 0.2) is 0 Å². The zero-order valence-corrected chi connectivity index (χ0v) is 16.8. The second-order valence-corrected chi connectivity index (χ2v) is 7.58. The molecule has 0 amide bonds. The number of hydrogen-bond donors (Lipinski definition) is 4. The van der Waals surface area contributed by atoms with Crippen molar-refractivity contribution in [3.8, 4) is 11.5 Å². The summed E-state index contributed by atoms with van der Waals surface area (Å²) in [6.07, 6.45) is -0.751. The third kappa shape index (κ3) is 8.45. The molecule has 7 heteroatoms. The van der Waals surface area contributed by atoms with Crippen LogP contribution in [0.3, 0.4) is 0 Å². The number of methoxy groups -OCH3 is 1. The maximum atomic E-state index is 10.3. The Labute approximate surface area is 162 Å². The molecular formula is C20H36N2O5+2. The lowest BCUT2D eigenvalue weighted by atomic mass is 10.2. The Morgan fingerprint density at radius 3 is 1.81 bits per heavy atom. The number of rotatable bonds is 11. The quantitative estimate of drug-likeness (QED) is 0.355. The summed E-state index contributed by atoms with van der Waals surface area (Å²) in [6, 6.07) is 7.37. The summed E-state index contributed by atoms with van der Waals surface area (Å²) < 4.78 is 16.2. The van der Waals surface area contributed by atoms with Gasteiger partial charge in [-0.05, 0) is 38.1 Å². The first-order chi connectivity index (χ1) is 13.0. The topological polar surface area (TPSA) is 77.0 Å². The van der Waals surface area contributed by atoms with E-state index in [1.54, 1.807) is 7.11 Å². The van der Waals surface area contributed by atoms with Crippen molar-refractivity contribution in [2.24, 2.45) is 0 Å². The smallest absolute Gasteiger partial charge is 0.137 e. The molecule has 0 aromatic heterocycles. The molecule has 0 radical (unpaired) electrons. The largest absolute Gasteiger partial charge is 0.497 e. The molecule has 0 spiro atoms. The average Bonchev–Trinajstić information content (AvgIpc) is 2.66. The monoisotopic (exact) mass is 384 g/mol. The summed E-state index contributed by atoms with van der Waals surface area (Å²) in [5.74, 6) is 1.52. The summed E-state index contributed by atoms with van der Waals surface area (Å²) in [7, 11) is 1.63. The Morgan fingerprint density at radius 1 is 0.852 bits per heavy atom. The molecule has 7 nitrogen and oxygen atoms in total. The van der Waals surface area contributed by atoms with E-state index in [-0.39, 0.29) is 12.7 Å². The molecule has 1 fully saturated rings. The summed E-state index contributed by atoms with van der Waals surface area (Å²) in [6.45, 7) is 10.0. The number of quaternary nitrogens is 2. The molecule has 0 aliphatic carbocycles. The van der Waals surface area contributed by atoms with E-state index in [9.17, 15) is 10.2 Å². The molecule has 1 aliphatic rings. The van der Waals surface area contributed by atoms with E-state index in [1.807, 2.05) is 38.1 Å². The lowest BCUT2D eigenvalue weighted by Gasteiger charge is -2.31. The molecule has 1 saturated heterocycles. The molecule has 0 unspecified atom stereocenters. The first-order valence-electron chi connectivity index (χ1n) is 9.88. The molecule has 0 bridgehead atoms. The molecular weight excluding hydrogens is 348 g/mol. The van der Waals surface area contributed by atoms with Gasteiger partial charge in [0.25, 0.3) is 0 Å². The van der Waals surface area contributed by atoms with Crippen LogP contribution in [0.2, 0.25) is 0 Å². The minimum absolute atomic E-state index is 0.151. The van der Waals surface area contributed by atoms with Crippen LogP contribution in [0, 0.1) is 0 Å². The van der Waals surface area contributed by atoms with Gasteiger partial charge in [0.2, 0.25) is 0 Å². The normalized spacial score (nSPS) is 22.4. The second kappa shape index (κ2) is 11.5. The lowest BCUT2D eigenvalue weighted by Crippen LogP contribution is -3.29. The number of piperazine rings is 1. The Morgan fingerprint density at radius 2 is 1.33 bits per heavy atom. The van der Waals surface area contributed by atoms with Gasteiger partial charge in [-0.1, -0.05) is 0 Å². The molecule has 154 valence electrons. The molecule has 27 heavy (non-hydrogen) atoms. The number of hydrogen-bond acceptors (Lipinski definition) is 5. The van der Waals surface area contributed by atoms with E-state index < -0.39 is 12.2 Å². The van der Waals surface area contributed by atoms with Crippen LogP contribution in [0.15, 0.2) is 24.3 Å². The average molecular weight is 385 g/mol. The Kier molecular flexibility index (Phi) is 9.30. The summed E-state index contributed by atoms with van der Waals surface area (Å²) in [5, 5.41) is 20.3. The van der Waals surface area contributed by atoms with E-state index in [0.29, 0.717) is 13.2 Å². The fraction of sp³-hybridized carbons (Fsp3) is 0.700. The standard InChI is InChI=1S/C20H34N2O5/c1-16(2)26-14-17(23)12-21-8-10-22(11-9-21)13-18(24)15-27-20-6-4-19(25-3)5-7-20/h4-7,16-18,23-24H,8-15H2,1-3H3/p+2/t17-,18+/m1/s1. The molecule has 2 rings (SSSR count). The van der Waals surface area contributed by atoms with Crippen molar-refractivity contribution < 1.29 is 34.2 Å². The summed E-state index contributed by atoms with van der Waals surface area (Å²) in [5.41, 5.74) is 0. The van der Waals surface area contributed by atoms with Gasteiger partial charge in [-0.3, -0.25) is 0 Å². The van der Waals surface area contributed by atoms with Gasteiger partial charge in [0.05, 0.1) is 19.8 Å². The maximum Gasteiger partial charge on any atom is 0.137 e. The van der Waals surface area contributed by atoms with Gasteiger partial charge in [0, 0.05) is 0 Å². The fourth-order valence-corrected chi connectivity index (χ4v) is 3.32. The first-order valence-corrected chi connectivity index (χ1v) is 9.88. The van der Waals surface area contributed by atoms with Crippen molar-refractivity contribution in [3.05, 3.63) is 24.3 Å². The minimum atomic E-state index is -0.492. The fourth-order valence-electron chi connectivity index (χ4n) is 3.32. The minimum Gasteiger partial charge on any atom is -0.497 e. The van der Waals surface area contributed by atoms with Crippen molar-refractivity contribution >= 4 is 0 Å². The third-order valence-electron chi connectivity index (χ3n) is 4.84. The van der Waals surface area contributed by atoms with Gasteiger partial charge in [-0.2, -0.15) is 0 Å². The van der Waals surface area contributed by atoms with Crippen molar-refractivity contribution in [1.82, 2.24) is 0 Å².